The number of carbonyl (C=O) groups excluding carboxylic acids is 1. The Kier molecular flexibility index (Phi) is 2.87. The monoisotopic (exact) mass is 208 g/mol. The van der Waals surface area contributed by atoms with Gasteiger partial charge in [0.2, 0.25) is 0 Å². The zero-order valence-electron chi connectivity index (χ0n) is 7.95. The van der Waals surface area contributed by atoms with Gasteiger partial charge in [0, 0.05) is 5.92 Å². The van der Waals surface area contributed by atoms with Crippen LogP contribution in [0, 0.1) is 0 Å². The molecule has 0 saturated heterocycles. The molecule has 0 heterocycles. The normalized spacial score (nSPS) is 27.6. The molecule has 2 rings (SSSR count). The van der Waals surface area contributed by atoms with Crippen molar-refractivity contribution < 1.29 is 4.79 Å². The average Bonchev–Trinajstić information content (AvgIpc) is 2.23. The van der Waals surface area contributed by atoms with Crippen LogP contribution in [0.4, 0.5) is 0 Å². The molecule has 1 fully saturated rings. The second kappa shape index (κ2) is 4.14. The van der Waals surface area contributed by atoms with Crippen molar-refractivity contribution in [2.75, 3.05) is 0 Å². The molecule has 0 amide bonds. The molecule has 1 aliphatic rings. The number of carbonyl (C=O) groups is 1. The summed E-state index contributed by atoms with van der Waals surface area (Å²) >= 11 is 5.96. The quantitative estimate of drug-likeness (QED) is 0.648. The Hall–Kier alpha value is -0.820. The molecule has 1 nitrogen and oxygen atoms in total. The van der Waals surface area contributed by atoms with Crippen molar-refractivity contribution in [3.05, 3.63) is 35.9 Å². The van der Waals surface area contributed by atoms with E-state index in [2.05, 4.69) is 0 Å². The number of halogens is 1. The lowest BCUT2D eigenvalue weighted by atomic mass is 9.83. The second-order valence-corrected chi connectivity index (χ2v) is 4.29. The van der Waals surface area contributed by atoms with E-state index in [1.165, 1.54) is 0 Å². The molecule has 0 bridgehead atoms. The number of ketones is 1. The van der Waals surface area contributed by atoms with E-state index < -0.39 is 0 Å². The predicted octanol–water partition coefficient (Wildman–Crippen LogP) is 3.13. The van der Waals surface area contributed by atoms with Crippen molar-refractivity contribution in [1.82, 2.24) is 0 Å². The highest BCUT2D eigenvalue weighted by atomic mass is 35.5. The van der Waals surface area contributed by atoms with E-state index in [4.69, 9.17) is 11.6 Å². The SMILES string of the molecule is O=C1[C@H](c2ccccc2)CCC[C@@H]1Cl. The summed E-state index contributed by atoms with van der Waals surface area (Å²) in [6.45, 7) is 0. The Morgan fingerprint density at radius 1 is 1.14 bits per heavy atom. The van der Waals surface area contributed by atoms with Crippen LogP contribution in [0.5, 0.6) is 0 Å². The first kappa shape index (κ1) is 9.72. The summed E-state index contributed by atoms with van der Waals surface area (Å²) in [4.78, 5) is 11.8. The first-order valence-electron chi connectivity index (χ1n) is 5.02. The van der Waals surface area contributed by atoms with E-state index in [0.717, 1.165) is 24.8 Å². The summed E-state index contributed by atoms with van der Waals surface area (Å²) in [7, 11) is 0. The number of benzene rings is 1. The second-order valence-electron chi connectivity index (χ2n) is 3.76. The van der Waals surface area contributed by atoms with Crippen molar-refractivity contribution in [2.45, 2.75) is 30.6 Å². The Labute approximate surface area is 89.1 Å². The lowest BCUT2D eigenvalue weighted by Crippen LogP contribution is -2.27. The van der Waals surface area contributed by atoms with Crippen LogP contribution in [0.2, 0.25) is 0 Å². The summed E-state index contributed by atoms with van der Waals surface area (Å²) in [6, 6.07) is 9.94. The molecule has 1 aliphatic carbocycles. The molecule has 0 spiro atoms. The zero-order valence-corrected chi connectivity index (χ0v) is 8.70. The Balaban J connectivity index is 2.22. The molecule has 0 aromatic heterocycles. The number of Topliss-reactive ketones (excluding diaryl/α,β-unsaturated/α-hetero) is 1. The van der Waals surface area contributed by atoms with Gasteiger partial charge >= 0.3 is 0 Å². The highest BCUT2D eigenvalue weighted by molar-refractivity contribution is 6.32. The van der Waals surface area contributed by atoms with Crippen LogP contribution in [0.3, 0.4) is 0 Å². The molecule has 0 radical (unpaired) electrons. The van der Waals surface area contributed by atoms with E-state index in [1.807, 2.05) is 30.3 Å². The fraction of sp³-hybridized carbons (Fsp3) is 0.417. The molecule has 1 aromatic carbocycles. The van der Waals surface area contributed by atoms with Crippen molar-refractivity contribution in [2.24, 2.45) is 0 Å². The first-order valence-corrected chi connectivity index (χ1v) is 5.45. The average molecular weight is 209 g/mol. The maximum atomic E-state index is 11.8. The highest BCUT2D eigenvalue weighted by Gasteiger charge is 2.30. The minimum Gasteiger partial charge on any atom is -0.297 e. The van der Waals surface area contributed by atoms with Crippen LogP contribution >= 0.6 is 11.6 Å². The zero-order chi connectivity index (χ0) is 9.97. The molecular weight excluding hydrogens is 196 g/mol. The lowest BCUT2D eigenvalue weighted by Gasteiger charge is -2.24. The van der Waals surface area contributed by atoms with Crippen LogP contribution < -0.4 is 0 Å². The van der Waals surface area contributed by atoms with Crippen molar-refractivity contribution in [1.29, 1.82) is 0 Å². The maximum Gasteiger partial charge on any atom is 0.158 e. The number of hydrogen-bond donors (Lipinski definition) is 0. The van der Waals surface area contributed by atoms with Crippen LogP contribution in [-0.4, -0.2) is 11.2 Å². The standard InChI is InChI=1S/C12H13ClO/c13-11-8-4-7-10(12(11)14)9-5-2-1-3-6-9/h1-3,5-6,10-11H,4,7-8H2/t10-,11-/m0/s1. The Bertz CT molecular complexity index is 320. The Morgan fingerprint density at radius 3 is 2.57 bits per heavy atom. The van der Waals surface area contributed by atoms with Gasteiger partial charge in [-0.05, 0) is 18.4 Å². The number of hydrogen-bond acceptors (Lipinski definition) is 1. The Morgan fingerprint density at radius 2 is 1.86 bits per heavy atom. The van der Waals surface area contributed by atoms with Gasteiger partial charge in [0.05, 0.1) is 5.38 Å². The van der Waals surface area contributed by atoms with Gasteiger partial charge in [0.25, 0.3) is 0 Å². The van der Waals surface area contributed by atoms with E-state index in [0.29, 0.717) is 0 Å². The maximum absolute atomic E-state index is 11.8. The lowest BCUT2D eigenvalue weighted by molar-refractivity contribution is -0.121. The topological polar surface area (TPSA) is 17.1 Å². The van der Waals surface area contributed by atoms with E-state index in [-0.39, 0.29) is 17.1 Å². The van der Waals surface area contributed by atoms with E-state index in [1.54, 1.807) is 0 Å². The molecule has 2 heteroatoms. The van der Waals surface area contributed by atoms with Crippen molar-refractivity contribution in [3.63, 3.8) is 0 Å². The van der Waals surface area contributed by atoms with E-state index >= 15 is 0 Å². The molecule has 74 valence electrons. The van der Waals surface area contributed by atoms with Crippen LogP contribution in [0.15, 0.2) is 30.3 Å². The molecule has 2 atom stereocenters. The minimum atomic E-state index is -0.269. The van der Waals surface area contributed by atoms with Crippen LogP contribution in [0.1, 0.15) is 30.7 Å². The van der Waals surface area contributed by atoms with Gasteiger partial charge in [-0.3, -0.25) is 4.79 Å². The largest absolute Gasteiger partial charge is 0.297 e. The highest BCUT2D eigenvalue weighted by Crippen LogP contribution is 2.32. The molecular formula is C12H13ClO. The van der Waals surface area contributed by atoms with Gasteiger partial charge < -0.3 is 0 Å². The first-order chi connectivity index (χ1) is 6.79. The smallest absolute Gasteiger partial charge is 0.158 e. The fourth-order valence-corrected chi connectivity index (χ4v) is 2.33. The summed E-state index contributed by atoms with van der Waals surface area (Å²) in [5.41, 5.74) is 1.11. The third-order valence-electron chi connectivity index (χ3n) is 2.80. The van der Waals surface area contributed by atoms with Gasteiger partial charge in [0.1, 0.15) is 0 Å². The summed E-state index contributed by atoms with van der Waals surface area (Å²) in [6.07, 6.45) is 2.84. The molecule has 14 heavy (non-hydrogen) atoms. The van der Waals surface area contributed by atoms with Gasteiger partial charge in [-0.25, -0.2) is 0 Å². The third kappa shape index (κ3) is 1.83. The van der Waals surface area contributed by atoms with Gasteiger partial charge in [0.15, 0.2) is 5.78 Å². The summed E-state index contributed by atoms with van der Waals surface area (Å²) < 4.78 is 0. The van der Waals surface area contributed by atoms with Crippen LogP contribution in [-0.2, 0) is 4.79 Å². The third-order valence-corrected chi connectivity index (χ3v) is 3.24. The van der Waals surface area contributed by atoms with Gasteiger partial charge in [-0.1, -0.05) is 36.8 Å². The predicted molar refractivity (Wildman–Crippen MR) is 57.7 cm³/mol. The summed E-state index contributed by atoms with van der Waals surface area (Å²) in [5.74, 6) is 0.233. The molecule has 0 unspecified atom stereocenters. The van der Waals surface area contributed by atoms with Gasteiger partial charge in [-0.15, -0.1) is 11.6 Å². The van der Waals surface area contributed by atoms with E-state index in [9.17, 15) is 4.79 Å². The number of alkyl halides is 1. The van der Waals surface area contributed by atoms with Crippen LogP contribution in [0.25, 0.3) is 0 Å². The molecule has 0 aliphatic heterocycles. The fourth-order valence-electron chi connectivity index (χ4n) is 2.02. The summed E-state index contributed by atoms with van der Waals surface area (Å²) in [5, 5.41) is -0.269. The molecule has 1 saturated carbocycles. The van der Waals surface area contributed by atoms with Crippen molar-refractivity contribution >= 4 is 17.4 Å². The van der Waals surface area contributed by atoms with Crippen molar-refractivity contribution in [3.8, 4) is 0 Å². The minimum absolute atomic E-state index is 0.0347. The number of rotatable bonds is 1. The van der Waals surface area contributed by atoms with Gasteiger partial charge in [-0.2, -0.15) is 0 Å². The molecule has 1 aromatic rings. The molecule has 0 N–H and O–H groups in total.